The number of rotatable bonds is 6. The zero-order valence-electron chi connectivity index (χ0n) is 16.4. The van der Waals surface area contributed by atoms with Crippen LogP contribution in [0.4, 0.5) is 0 Å². The molecule has 1 aliphatic rings. The van der Waals surface area contributed by atoms with Crippen molar-refractivity contribution in [3.63, 3.8) is 0 Å². The maximum atomic E-state index is 12.1. The molecule has 0 aliphatic carbocycles. The summed E-state index contributed by atoms with van der Waals surface area (Å²) in [6.07, 6.45) is 2.93. The van der Waals surface area contributed by atoms with Gasteiger partial charge in [0.2, 0.25) is 5.91 Å². The maximum Gasteiger partial charge on any atom is 0.225 e. The molecule has 27 heavy (non-hydrogen) atoms. The van der Waals surface area contributed by atoms with E-state index in [1.807, 2.05) is 24.8 Å². The van der Waals surface area contributed by atoms with Crippen molar-refractivity contribution < 1.29 is 4.79 Å². The first-order chi connectivity index (χ1) is 13.1. The van der Waals surface area contributed by atoms with Crippen LogP contribution in [0.1, 0.15) is 31.7 Å². The van der Waals surface area contributed by atoms with Crippen LogP contribution in [-0.4, -0.2) is 54.5 Å². The SMILES string of the molecule is CN=C(NCCCc1nc2ccccc2s1)NC1CCN(C(=O)C(C)C)C1. The van der Waals surface area contributed by atoms with Crippen molar-refractivity contribution in [3.8, 4) is 0 Å². The molecule has 1 amide bonds. The molecule has 1 atom stereocenters. The molecule has 0 bridgehead atoms. The van der Waals surface area contributed by atoms with Crippen molar-refractivity contribution >= 4 is 33.4 Å². The minimum Gasteiger partial charge on any atom is -0.356 e. The Morgan fingerprint density at radius 1 is 1.41 bits per heavy atom. The van der Waals surface area contributed by atoms with Crippen molar-refractivity contribution in [2.75, 3.05) is 26.7 Å². The normalized spacial score (nSPS) is 17.7. The molecule has 0 spiro atoms. The molecule has 1 fully saturated rings. The van der Waals surface area contributed by atoms with Crippen LogP contribution in [0.25, 0.3) is 10.2 Å². The van der Waals surface area contributed by atoms with Crippen LogP contribution in [0.5, 0.6) is 0 Å². The van der Waals surface area contributed by atoms with Crippen LogP contribution in [0.15, 0.2) is 29.3 Å². The van der Waals surface area contributed by atoms with E-state index in [4.69, 9.17) is 0 Å². The number of nitrogens with one attached hydrogen (secondary N) is 2. The van der Waals surface area contributed by atoms with Crippen molar-refractivity contribution in [2.24, 2.45) is 10.9 Å². The monoisotopic (exact) mass is 387 g/mol. The van der Waals surface area contributed by atoms with Gasteiger partial charge in [-0.05, 0) is 25.0 Å². The van der Waals surface area contributed by atoms with Gasteiger partial charge in [0.25, 0.3) is 0 Å². The molecule has 0 radical (unpaired) electrons. The Morgan fingerprint density at radius 3 is 2.96 bits per heavy atom. The van der Waals surface area contributed by atoms with E-state index in [1.54, 1.807) is 18.4 Å². The van der Waals surface area contributed by atoms with Gasteiger partial charge in [-0.3, -0.25) is 9.79 Å². The highest BCUT2D eigenvalue weighted by molar-refractivity contribution is 7.18. The summed E-state index contributed by atoms with van der Waals surface area (Å²) in [7, 11) is 1.79. The molecule has 7 heteroatoms. The number of carbonyl (C=O) groups excluding carboxylic acids is 1. The van der Waals surface area contributed by atoms with Gasteiger partial charge in [0.05, 0.1) is 15.2 Å². The van der Waals surface area contributed by atoms with Crippen molar-refractivity contribution in [1.82, 2.24) is 20.5 Å². The van der Waals surface area contributed by atoms with Crippen LogP contribution in [0.3, 0.4) is 0 Å². The third kappa shape index (κ3) is 5.19. The molecule has 2 N–H and O–H groups in total. The number of hydrogen-bond acceptors (Lipinski definition) is 4. The molecule has 2 heterocycles. The van der Waals surface area contributed by atoms with E-state index in [2.05, 4.69) is 38.8 Å². The second-order valence-electron chi connectivity index (χ2n) is 7.25. The van der Waals surface area contributed by atoms with Crippen LogP contribution < -0.4 is 10.6 Å². The van der Waals surface area contributed by atoms with Gasteiger partial charge in [0.15, 0.2) is 5.96 Å². The van der Waals surface area contributed by atoms with Crippen LogP contribution in [0, 0.1) is 5.92 Å². The van der Waals surface area contributed by atoms with E-state index in [0.29, 0.717) is 0 Å². The fourth-order valence-corrected chi connectivity index (χ4v) is 4.31. The molecule has 1 aliphatic heterocycles. The van der Waals surface area contributed by atoms with Crippen molar-refractivity contribution in [3.05, 3.63) is 29.3 Å². The van der Waals surface area contributed by atoms with Crippen LogP contribution >= 0.6 is 11.3 Å². The zero-order valence-corrected chi connectivity index (χ0v) is 17.2. The summed E-state index contributed by atoms with van der Waals surface area (Å²) in [6.45, 7) is 6.33. The number of thiazole rings is 1. The summed E-state index contributed by atoms with van der Waals surface area (Å²) in [5.74, 6) is 1.10. The Labute approximate surface area is 165 Å². The number of aryl methyl sites for hydroxylation is 1. The van der Waals surface area contributed by atoms with Gasteiger partial charge in [-0.15, -0.1) is 11.3 Å². The molecule has 3 rings (SSSR count). The van der Waals surface area contributed by atoms with E-state index < -0.39 is 0 Å². The number of fused-ring (bicyclic) bond motifs is 1. The predicted octanol–water partition coefficient (Wildman–Crippen LogP) is 2.65. The minimum absolute atomic E-state index is 0.0590. The van der Waals surface area contributed by atoms with E-state index in [-0.39, 0.29) is 17.9 Å². The lowest BCUT2D eigenvalue weighted by Crippen LogP contribution is -2.45. The first-order valence-corrected chi connectivity index (χ1v) is 10.5. The van der Waals surface area contributed by atoms with Gasteiger partial charge in [-0.1, -0.05) is 26.0 Å². The highest BCUT2D eigenvalue weighted by Crippen LogP contribution is 2.22. The summed E-state index contributed by atoms with van der Waals surface area (Å²) < 4.78 is 1.25. The highest BCUT2D eigenvalue weighted by Gasteiger charge is 2.27. The molecule has 1 saturated heterocycles. The maximum absolute atomic E-state index is 12.1. The Morgan fingerprint density at radius 2 is 2.22 bits per heavy atom. The summed E-state index contributed by atoms with van der Waals surface area (Å²) in [4.78, 5) is 23.0. The molecule has 2 aromatic rings. The predicted molar refractivity (Wildman–Crippen MR) is 112 cm³/mol. The molecule has 6 nitrogen and oxygen atoms in total. The third-order valence-corrected chi connectivity index (χ3v) is 5.85. The van der Waals surface area contributed by atoms with Crippen LogP contribution in [-0.2, 0) is 11.2 Å². The summed E-state index contributed by atoms with van der Waals surface area (Å²) >= 11 is 1.77. The number of benzene rings is 1. The number of amides is 1. The number of carbonyl (C=O) groups is 1. The summed E-state index contributed by atoms with van der Waals surface area (Å²) in [6, 6.07) is 8.54. The standard InChI is InChI=1S/C20H29N5OS/c1-14(2)19(26)25-12-10-15(13-25)23-20(21-3)22-11-6-9-18-24-16-7-4-5-8-17(16)27-18/h4-5,7-8,14-15H,6,9-13H2,1-3H3,(H2,21,22,23). The summed E-state index contributed by atoms with van der Waals surface area (Å²) in [5.41, 5.74) is 1.09. The first kappa shape index (κ1) is 19.6. The smallest absolute Gasteiger partial charge is 0.225 e. The lowest BCUT2D eigenvalue weighted by atomic mass is 10.2. The average Bonchev–Trinajstić information content (AvgIpc) is 3.29. The van der Waals surface area contributed by atoms with Crippen molar-refractivity contribution in [1.29, 1.82) is 0 Å². The molecular formula is C20H29N5OS. The van der Waals surface area contributed by atoms with E-state index >= 15 is 0 Å². The third-order valence-electron chi connectivity index (χ3n) is 4.76. The van der Waals surface area contributed by atoms with E-state index in [1.165, 1.54) is 9.71 Å². The lowest BCUT2D eigenvalue weighted by molar-refractivity contribution is -0.133. The van der Waals surface area contributed by atoms with Crippen molar-refractivity contribution in [2.45, 2.75) is 39.2 Å². The van der Waals surface area contributed by atoms with Gasteiger partial charge in [-0.25, -0.2) is 4.98 Å². The van der Waals surface area contributed by atoms with Gasteiger partial charge in [0, 0.05) is 45.1 Å². The molecule has 0 saturated carbocycles. The minimum atomic E-state index is 0.0590. The molecule has 1 aromatic heterocycles. The molecular weight excluding hydrogens is 358 g/mol. The van der Waals surface area contributed by atoms with Gasteiger partial charge in [0.1, 0.15) is 0 Å². The molecule has 146 valence electrons. The van der Waals surface area contributed by atoms with Gasteiger partial charge < -0.3 is 15.5 Å². The summed E-state index contributed by atoms with van der Waals surface area (Å²) in [5, 5.41) is 8.00. The Bertz CT molecular complexity index is 768. The van der Waals surface area contributed by atoms with E-state index in [9.17, 15) is 4.79 Å². The Hall–Kier alpha value is -2.15. The topological polar surface area (TPSA) is 69.6 Å². The lowest BCUT2D eigenvalue weighted by Gasteiger charge is -2.20. The zero-order chi connectivity index (χ0) is 19.2. The number of likely N-dealkylation sites (tertiary alicyclic amines) is 1. The average molecular weight is 388 g/mol. The molecule has 1 unspecified atom stereocenters. The number of para-hydroxylation sites is 1. The fourth-order valence-electron chi connectivity index (χ4n) is 3.30. The Balaban J connectivity index is 1.40. The number of aliphatic imine (C=N–C) groups is 1. The van der Waals surface area contributed by atoms with Gasteiger partial charge in [-0.2, -0.15) is 0 Å². The Kier molecular flexibility index (Phi) is 6.66. The number of guanidine groups is 1. The molecule has 1 aromatic carbocycles. The quantitative estimate of drug-likeness (QED) is 0.454. The van der Waals surface area contributed by atoms with Gasteiger partial charge >= 0.3 is 0 Å². The second kappa shape index (κ2) is 9.17. The highest BCUT2D eigenvalue weighted by atomic mass is 32.1. The fraction of sp³-hybridized carbons (Fsp3) is 0.550. The second-order valence-corrected chi connectivity index (χ2v) is 8.36. The first-order valence-electron chi connectivity index (χ1n) is 9.67. The van der Waals surface area contributed by atoms with Crippen LogP contribution in [0.2, 0.25) is 0 Å². The number of nitrogens with zero attached hydrogens (tertiary/aromatic N) is 3. The number of aromatic nitrogens is 1. The largest absolute Gasteiger partial charge is 0.356 e. The number of hydrogen-bond donors (Lipinski definition) is 2. The van der Waals surface area contributed by atoms with E-state index in [0.717, 1.165) is 50.4 Å².